The Kier molecular flexibility index (Phi) is 8.03. The molecule has 6 heteroatoms. The highest BCUT2D eigenvalue weighted by Crippen LogP contribution is 2.27. The fourth-order valence-electron chi connectivity index (χ4n) is 3.51. The molecular weight excluding hydrogens is 376 g/mol. The second kappa shape index (κ2) is 9.90. The minimum absolute atomic E-state index is 0.175. The van der Waals surface area contributed by atoms with Gasteiger partial charge in [0, 0.05) is 24.7 Å². The maximum absolute atomic E-state index is 12.0. The van der Waals surface area contributed by atoms with Gasteiger partial charge in [0.15, 0.2) is 0 Å². The first-order chi connectivity index (χ1) is 13.8. The lowest BCUT2D eigenvalue weighted by atomic mass is 9.88. The van der Waals surface area contributed by atoms with E-state index in [-0.39, 0.29) is 17.6 Å². The van der Waals surface area contributed by atoms with E-state index < -0.39 is 5.60 Å². The predicted molar refractivity (Wildman–Crippen MR) is 126 cm³/mol. The first-order valence-electron chi connectivity index (χ1n) is 11.2. The molecule has 0 saturated heterocycles. The van der Waals surface area contributed by atoms with Gasteiger partial charge in [0.25, 0.3) is 0 Å². The van der Waals surface area contributed by atoms with Gasteiger partial charge in [-0.2, -0.15) is 0 Å². The van der Waals surface area contributed by atoms with E-state index in [0.29, 0.717) is 12.1 Å². The molecule has 2 rings (SSSR count). The molecule has 0 aliphatic heterocycles. The summed E-state index contributed by atoms with van der Waals surface area (Å²) in [5.41, 5.74) is 9.05. The topological polar surface area (TPSA) is 88.4 Å². The number of carbonyl (C=O) groups excluding carboxylic acids is 1. The molecule has 1 amide bonds. The fourth-order valence-corrected chi connectivity index (χ4v) is 3.51. The highest BCUT2D eigenvalue weighted by molar-refractivity contribution is 5.68. The predicted octanol–water partition coefficient (Wildman–Crippen LogP) is 5.04. The summed E-state index contributed by atoms with van der Waals surface area (Å²) in [6, 6.07) is 7.24. The summed E-state index contributed by atoms with van der Waals surface area (Å²) in [5.74, 6) is 0. The van der Waals surface area contributed by atoms with Crippen LogP contribution >= 0.6 is 0 Å². The lowest BCUT2D eigenvalue weighted by Gasteiger charge is -2.31. The molecule has 1 atom stereocenters. The Morgan fingerprint density at radius 3 is 2.23 bits per heavy atom. The number of anilines is 2. The van der Waals surface area contributed by atoms with Crippen LogP contribution in [0.3, 0.4) is 0 Å². The van der Waals surface area contributed by atoms with Gasteiger partial charge in [0.2, 0.25) is 0 Å². The van der Waals surface area contributed by atoms with Crippen molar-refractivity contribution in [1.82, 2.24) is 10.6 Å². The van der Waals surface area contributed by atoms with E-state index >= 15 is 0 Å². The molecule has 1 saturated carbocycles. The Morgan fingerprint density at radius 2 is 1.70 bits per heavy atom. The summed E-state index contributed by atoms with van der Waals surface area (Å²) in [4.78, 5) is 12.0. The normalized spacial score (nSPS) is 21.0. The van der Waals surface area contributed by atoms with Gasteiger partial charge in [-0.15, -0.1) is 0 Å². The molecule has 0 unspecified atom stereocenters. The zero-order chi connectivity index (χ0) is 22.5. The van der Waals surface area contributed by atoms with Crippen LogP contribution in [-0.4, -0.2) is 29.8 Å². The zero-order valence-electron chi connectivity index (χ0n) is 19.9. The van der Waals surface area contributed by atoms with Crippen LogP contribution in [0.25, 0.3) is 0 Å². The second-order valence-corrected chi connectivity index (χ2v) is 10.7. The Morgan fingerprint density at radius 1 is 1.10 bits per heavy atom. The highest BCUT2D eigenvalue weighted by atomic mass is 16.6. The average Bonchev–Trinajstić information content (AvgIpc) is 2.60. The molecule has 1 aromatic rings. The number of hydrogen-bond donors (Lipinski definition) is 4. The number of ether oxygens (including phenoxy) is 1. The van der Waals surface area contributed by atoms with Crippen molar-refractivity contribution in [2.24, 2.45) is 5.41 Å². The van der Waals surface area contributed by atoms with Crippen LogP contribution in [0.1, 0.15) is 79.7 Å². The van der Waals surface area contributed by atoms with Gasteiger partial charge in [-0.05, 0) is 76.5 Å². The summed E-state index contributed by atoms with van der Waals surface area (Å²) in [6.45, 7) is 15.4. The molecular formula is C24H42N4O2. The Bertz CT molecular complexity index is 698. The van der Waals surface area contributed by atoms with Crippen LogP contribution in [0.5, 0.6) is 0 Å². The SMILES string of the molecule is C[C@H](NCc1ccc(N[C@H]2CC[C@@H](NC(=O)OC(C)(C)C)CC2)c(N)c1)C(C)(C)C. The summed E-state index contributed by atoms with van der Waals surface area (Å²) in [5, 5.41) is 10.2. The number of alkyl carbamates (subject to hydrolysis) is 1. The lowest BCUT2D eigenvalue weighted by Crippen LogP contribution is -2.42. The minimum atomic E-state index is -0.465. The van der Waals surface area contributed by atoms with E-state index in [9.17, 15) is 4.79 Å². The molecule has 0 aromatic heterocycles. The molecule has 0 spiro atoms. The molecule has 6 nitrogen and oxygen atoms in total. The zero-order valence-corrected chi connectivity index (χ0v) is 19.9. The van der Waals surface area contributed by atoms with Gasteiger partial charge >= 0.3 is 6.09 Å². The van der Waals surface area contributed by atoms with E-state index in [1.54, 1.807) is 0 Å². The van der Waals surface area contributed by atoms with Gasteiger partial charge in [-0.25, -0.2) is 4.79 Å². The Hall–Kier alpha value is -1.95. The average molecular weight is 419 g/mol. The van der Waals surface area contributed by atoms with E-state index in [1.807, 2.05) is 20.8 Å². The number of nitrogens with two attached hydrogens (primary N) is 1. The van der Waals surface area contributed by atoms with Crippen molar-refractivity contribution in [1.29, 1.82) is 0 Å². The van der Waals surface area contributed by atoms with Crippen LogP contribution < -0.4 is 21.7 Å². The number of nitrogen functional groups attached to an aromatic ring is 1. The summed E-state index contributed by atoms with van der Waals surface area (Å²) < 4.78 is 5.36. The summed E-state index contributed by atoms with van der Waals surface area (Å²) >= 11 is 0. The minimum Gasteiger partial charge on any atom is -0.444 e. The molecule has 0 bridgehead atoms. The maximum atomic E-state index is 12.0. The van der Waals surface area contributed by atoms with Crippen molar-refractivity contribution in [3.8, 4) is 0 Å². The van der Waals surface area contributed by atoms with Gasteiger partial charge < -0.3 is 26.4 Å². The van der Waals surface area contributed by atoms with E-state index in [4.69, 9.17) is 10.5 Å². The van der Waals surface area contributed by atoms with Crippen LogP contribution in [-0.2, 0) is 11.3 Å². The van der Waals surface area contributed by atoms with E-state index in [0.717, 1.165) is 43.6 Å². The van der Waals surface area contributed by atoms with Crippen molar-refractivity contribution in [3.63, 3.8) is 0 Å². The number of benzene rings is 1. The van der Waals surface area contributed by atoms with Crippen molar-refractivity contribution in [2.45, 2.75) is 104 Å². The maximum Gasteiger partial charge on any atom is 0.407 e. The first-order valence-corrected chi connectivity index (χ1v) is 11.2. The Labute approximate surface area is 182 Å². The van der Waals surface area contributed by atoms with Crippen molar-refractivity contribution < 1.29 is 9.53 Å². The van der Waals surface area contributed by atoms with Gasteiger partial charge in [-0.1, -0.05) is 26.8 Å². The van der Waals surface area contributed by atoms with Gasteiger partial charge in [-0.3, -0.25) is 0 Å². The number of amides is 1. The van der Waals surface area contributed by atoms with Gasteiger partial charge in [0.1, 0.15) is 5.60 Å². The second-order valence-electron chi connectivity index (χ2n) is 10.7. The monoisotopic (exact) mass is 418 g/mol. The smallest absolute Gasteiger partial charge is 0.407 e. The molecule has 5 N–H and O–H groups in total. The van der Waals surface area contributed by atoms with Gasteiger partial charge in [0.05, 0.1) is 11.4 Å². The molecule has 0 heterocycles. The number of nitrogens with one attached hydrogen (secondary N) is 3. The fraction of sp³-hybridized carbons (Fsp3) is 0.708. The standard InChI is InChI=1S/C24H42N4O2/c1-16(23(2,3)4)26-15-17-8-13-21(20(25)14-17)27-18-9-11-19(12-10-18)28-22(29)30-24(5,6)7/h8,13-14,16,18-19,26-27H,9-12,15,25H2,1-7H3,(H,28,29)/t16-,18-,19+/m0/s1. The molecule has 30 heavy (non-hydrogen) atoms. The first kappa shape index (κ1) is 24.3. The summed E-state index contributed by atoms with van der Waals surface area (Å²) in [7, 11) is 0. The van der Waals surface area contributed by atoms with E-state index in [1.165, 1.54) is 5.56 Å². The van der Waals surface area contributed by atoms with E-state index in [2.05, 4.69) is 61.8 Å². The van der Waals surface area contributed by atoms with Crippen LogP contribution in [0.15, 0.2) is 18.2 Å². The third kappa shape index (κ3) is 8.05. The lowest BCUT2D eigenvalue weighted by molar-refractivity contribution is 0.0492. The quantitative estimate of drug-likeness (QED) is 0.486. The third-order valence-corrected chi connectivity index (χ3v) is 5.84. The van der Waals surface area contributed by atoms with Crippen molar-refractivity contribution >= 4 is 17.5 Å². The Balaban J connectivity index is 1.80. The molecule has 1 fully saturated rings. The largest absolute Gasteiger partial charge is 0.444 e. The molecule has 1 aromatic carbocycles. The third-order valence-electron chi connectivity index (χ3n) is 5.84. The number of carbonyl (C=O) groups is 1. The van der Waals surface area contributed by atoms with Crippen LogP contribution in [0.2, 0.25) is 0 Å². The number of hydrogen-bond acceptors (Lipinski definition) is 5. The molecule has 170 valence electrons. The number of rotatable bonds is 6. The molecule has 0 radical (unpaired) electrons. The van der Waals surface area contributed by atoms with Crippen LogP contribution in [0.4, 0.5) is 16.2 Å². The molecule has 1 aliphatic carbocycles. The summed E-state index contributed by atoms with van der Waals surface area (Å²) in [6.07, 6.45) is 3.53. The van der Waals surface area contributed by atoms with Crippen LogP contribution in [0, 0.1) is 5.41 Å². The molecule has 1 aliphatic rings. The van der Waals surface area contributed by atoms with Crippen molar-refractivity contribution in [3.05, 3.63) is 23.8 Å². The highest BCUT2D eigenvalue weighted by Gasteiger charge is 2.25. The van der Waals surface area contributed by atoms with Crippen molar-refractivity contribution in [2.75, 3.05) is 11.1 Å².